The first kappa shape index (κ1) is 13.1. The summed E-state index contributed by atoms with van der Waals surface area (Å²) in [6, 6.07) is 17.7. The second-order valence-electron chi connectivity index (χ2n) is 4.44. The topological polar surface area (TPSA) is 46.5 Å². The molecule has 0 aromatic heterocycles. The van der Waals surface area contributed by atoms with Gasteiger partial charge in [0.2, 0.25) is 0 Å². The van der Waals surface area contributed by atoms with Gasteiger partial charge in [0.1, 0.15) is 12.4 Å². The molecule has 0 aliphatic rings. The number of benzene rings is 2. The smallest absolute Gasteiger partial charge is 0.309 e. The van der Waals surface area contributed by atoms with Crippen molar-refractivity contribution in [3.05, 3.63) is 54.6 Å². The first-order valence-corrected chi connectivity index (χ1v) is 6.18. The Labute approximate surface area is 112 Å². The monoisotopic (exact) mass is 256 g/mol. The zero-order valence-electron chi connectivity index (χ0n) is 10.7. The summed E-state index contributed by atoms with van der Waals surface area (Å²) in [4.78, 5) is 10.7. The lowest BCUT2D eigenvalue weighted by molar-refractivity contribution is -0.142. The lowest BCUT2D eigenvalue weighted by Crippen LogP contribution is -2.17. The van der Waals surface area contributed by atoms with Gasteiger partial charge >= 0.3 is 5.97 Å². The van der Waals surface area contributed by atoms with Crippen LogP contribution in [0, 0.1) is 5.92 Å². The highest BCUT2D eigenvalue weighted by molar-refractivity contribution is 5.69. The Morgan fingerprint density at radius 1 is 1.05 bits per heavy atom. The molecule has 0 saturated carbocycles. The van der Waals surface area contributed by atoms with Gasteiger partial charge < -0.3 is 9.84 Å². The van der Waals surface area contributed by atoms with Crippen LogP contribution in [-0.4, -0.2) is 17.7 Å². The van der Waals surface area contributed by atoms with Crippen molar-refractivity contribution < 1.29 is 14.6 Å². The molecular formula is C16H16O3. The molecule has 1 atom stereocenters. The van der Waals surface area contributed by atoms with Crippen LogP contribution < -0.4 is 4.74 Å². The molecule has 19 heavy (non-hydrogen) atoms. The molecular weight excluding hydrogens is 240 g/mol. The SMILES string of the molecule is C[C@@H](COc1ccc(-c2ccccc2)cc1)C(=O)O. The molecule has 0 fully saturated rings. The van der Waals surface area contributed by atoms with E-state index in [1.807, 2.05) is 54.6 Å². The van der Waals surface area contributed by atoms with Crippen LogP contribution in [0.25, 0.3) is 11.1 Å². The summed E-state index contributed by atoms with van der Waals surface area (Å²) >= 11 is 0. The van der Waals surface area contributed by atoms with Crippen LogP contribution in [0.15, 0.2) is 54.6 Å². The molecule has 2 aromatic rings. The van der Waals surface area contributed by atoms with E-state index in [9.17, 15) is 4.79 Å². The van der Waals surface area contributed by atoms with Gasteiger partial charge in [0.05, 0.1) is 5.92 Å². The van der Waals surface area contributed by atoms with E-state index in [0.29, 0.717) is 5.75 Å². The highest BCUT2D eigenvalue weighted by Crippen LogP contribution is 2.22. The number of carboxylic acids is 1. The Balaban J connectivity index is 2.01. The summed E-state index contributed by atoms with van der Waals surface area (Å²) in [5.74, 6) is -0.664. The van der Waals surface area contributed by atoms with Gasteiger partial charge in [-0.1, -0.05) is 42.5 Å². The second-order valence-corrected chi connectivity index (χ2v) is 4.44. The van der Waals surface area contributed by atoms with Gasteiger partial charge in [-0.2, -0.15) is 0 Å². The molecule has 2 aromatic carbocycles. The van der Waals surface area contributed by atoms with Crippen molar-refractivity contribution in [2.24, 2.45) is 5.92 Å². The van der Waals surface area contributed by atoms with E-state index in [1.54, 1.807) is 6.92 Å². The Kier molecular flexibility index (Phi) is 4.18. The van der Waals surface area contributed by atoms with Crippen molar-refractivity contribution >= 4 is 5.97 Å². The van der Waals surface area contributed by atoms with Gasteiger partial charge in [0.25, 0.3) is 0 Å². The van der Waals surface area contributed by atoms with E-state index in [1.165, 1.54) is 0 Å². The van der Waals surface area contributed by atoms with E-state index in [4.69, 9.17) is 9.84 Å². The van der Waals surface area contributed by atoms with E-state index in [-0.39, 0.29) is 6.61 Å². The van der Waals surface area contributed by atoms with Crippen LogP contribution >= 0.6 is 0 Å². The molecule has 1 N–H and O–H groups in total. The summed E-state index contributed by atoms with van der Waals surface area (Å²) in [6.07, 6.45) is 0. The van der Waals surface area contributed by atoms with Gasteiger partial charge in [-0.05, 0) is 30.2 Å². The summed E-state index contributed by atoms with van der Waals surface area (Å²) in [5, 5.41) is 8.77. The number of hydrogen-bond donors (Lipinski definition) is 1. The first-order chi connectivity index (χ1) is 9.16. The zero-order valence-corrected chi connectivity index (χ0v) is 10.7. The summed E-state index contributed by atoms with van der Waals surface area (Å²) in [5.41, 5.74) is 2.26. The molecule has 0 saturated heterocycles. The molecule has 0 amide bonds. The number of carbonyl (C=O) groups is 1. The van der Waals surface area contributed by atoms with Crippen molar-refractivity contribution in [1.82, 2.24) is 0 Å². The van der Waals surface area contributed by atoms with Crippen LogP contribution in [0.4, 0.5) is 0 Å². The fraction of sp³-hybridized carbons (Fsp3) is 0.188. The van der Waals surface area contributed by atoms with E-state index >= 15 is 0 Å². The standard InChI is InChI=1S/C16H16O3/c1-12(16(17)18)11-19-15-9-7-14(8-10-15)13-5-3-2-4-6-13/h2-10,12H,11H2,1H3,(H,17,18)/t12-/m0/s1. The Bertz CT molecular complexity index is 532. The van der Waals surface area contributed by atoms with E-state index in [0.717, 1.165) is 11.1 Å². The van der Waals surface area contributed by atoms with Crippen LogP contribution in [0.2, 0.25) is 0 Å². The predicted molar refractivity (Wildman–Crippen MR) is 74.2 cm³/mol. The molecule has 0 radical (unpaired) electrons. The highest BCUT2D eigenvalue weighted by atomic mass is 16.5. The lowest BCUT2D eigenvalue weighted by Gasteiger charge is -2.09. The van der Waals surface area contributed by atoms with Gasteiger partial charge in [0.15, 0.2) is 0 Å². The van der Waals surface area contributed by atoms with Gasteiger partial charge in [-0.25, -0.2) is 0 Å². The molecule has 3 heteroatoms. The third kappa shape index (κ3) is 3.58. The summed E-state index contributed by atoms with van der Waals surface area (Å²) in [6.45, 7) is 1.81. The van der Waals surface area contributed by atoms with Crippen LogP contribution in [0.1, 0.15) is 6.92 Å². The number of aliphatic carboxylic acids is 1. The average molecular weight is 256 g/mol. The molecule has 0 heterocycles. The maximum atomic E-state index is 10.7. The Hall–Kier alpha value is -2.29. The van der Waals surface area contributed by atoms with Crippen LogP contribution in [0.3, 0.4) is 0 Å². The van der Waals surface area contributed by atoms with E-state index < -0.39 is 11.9 Å². The molecule has 0 aliphatic carbocycles. The number of hydrogen-bond acceptors (Lipinski definition) is 2. The maximum Gasteiger partial charge on any atom is 0.309 e. The minimum atomic E-state index is -0.846. The van der Waals surface area contributed by atoms with Crippen LogP contribution in [-0.2, 0) is 4.79 Å². The number of ether oxygens (including phenoxy) is 1. The molecule has 3 nitrogen and oxygen atoms in total. The molecule has 0 aliphatic heterocycles. The van der Waals surface area contributed by atoms with Crippen LogP contribution in [0.5, 0.6) is 5.75 Å². The van der Waals surface area contributed by atoms with Crippen molar-refractivity contribution in [3.63, 3.8) is 0 Å². The van der Waals surface area contributed by atoms with Gasteiger partial charge in [0, 0.05) is 0 Å². The zero-order chi connectivity index (χ0) is 13.7. The Morgan fingerprint density at radius 2 is 1.63 bits per heavy atom. The number of carboxylic acid groups (broad SMARTS) is 1. The lowest BCUT2D eigenvalue weighted by atomic mass is 10.1. The molecule has 2 rings (SSSR count). The summed E-state index contributed by atoms with van der Waals surface area (Å²) in [7, 11) is 0. The second kappa shape index (κ2) is 6.05. The molecule has 0 spiro atoms. The summed E-state index contributed by atoms with van der Waals surface area (Å²) < 4.78 is 5.44. The Morgan fingerprint density at radius 3 is 2.21 bits per heavy atom. The molecule has 0 bridgehead atoms. The highest BCUT2D eigenvalue weighted by Gasteiger charge is 2.11. The maximum absolute atomic E-state index is 10.7. The minimum absolute atomic E-state index is 0.181. The normalized spacial score (nSPS) is 11.8. The fourth-order valence-electron chi connectivity index (χ4n) is 1.67. The average Bonchev–Trinajstić information content (AvgIpc) is 2.46. The van der Waals surface area contributed by atoms with Crippen molar-refractivity contribution in [3.8, 4) is 16.9 Å². The predicted octanol–water partition coefficient (Wildman–Crippen LogP) is 3.45. The molecule has 0 unspecified atom stereocenters. The fourth-order valence-corrected chi connectivity index (χ4v) is 1.67. The van der Waals surface area contributed by atoms with Crippen molar-refractivity contribution in [2.75, 3.05) is 6.61 Å². The van der Waals surface area contributed by atoms with Crippen molar-refractivity contribution in [2.45, 2.75) is 6.92 Å². The molecule has 98 valence electrons. The van der Waals surface area contributed by atoms with Gasteiger partial charge in [-0.15, -0.1) is 0 Å². The minimum Gasteiger partial charge on any atom is -0.493 e. The number of rotatable bonds is 5. The first-order valence-electron chi connectivity index (χ1n) is 6.18. The van der Waals surface area contributed by atoms with E-state index in [2.05, 4.69) is 0 Å². The third-order valence-electron chi connectivity index (χ3n) is 2.88. The van der Waals surface area contributed by atoms with Crippen molar-refractivity contribution in [1.29, 1.82) is 0 Å². The largest absolute Gasteiger partial charge is 0.493 e. The quantitative estimate of drug-likeness (QED) is 0.891. The third-order valence-corrected chi connectivity index (χ3v) is 2.88. The van der Waals surface area contributed by atoms with Gasteiger partial charge in [-0.3, -0.25) is 4.79 Å².